The molecule has 1 fully saturated rings. The molecule has 1 aliphatic rings. The Balaban J connectivity index is 1.78. The molecule has 2 aromatic heterocycles. The van der Waals surface area contributed by atoms with Gasteiger partial charge in [0.05, 0.1) is 17.7 Å². The van der Waals surface area contributed by atoms with Crippen LogP contribution in [-0.4, -0.2) is 44.9 Å². The summed E-state index contributed by atoms with van der Waals surface area (Å²) in [6.45, 7) is 5.58. The van der Waals surface area contributed by atoms with E-state index in [1.807, 2.05) is 28.7 Å². The Bertz CT molecular complexity index is 1150. The molecule has 142 valence electrons. The largest absolute Gasteiger partial charge is 0.372 e. The molecule has 0 aliphatic carbocycles. The van der Waals surface area contributed by atoms with E-state index in [9.17, 15) is 4.39 Å². The lowest BCUT2D eigenvalue weighted by atomic mass is 10.2. The van der Waals surface area contributed by atoms with E-state index in [1.165, 1.54) is 12.1 Å². The molecule has 28 heavy (non-hydrogen) atoms. The van der Waals surface area contributed by atoms with Gasteiger partial charge in [-0.05, 0) is 50.2 Å². The van der Waals surface area contributed by atoms with Gasteiger partial charge in [-0.25, -0.2) is 13.8 Å². The molecular weight excluding hydrogens is 357 g/mol. The molecule has 1 aliphatic heterocycles. The van der Waals surface area contributed by atoms with Crippen molar-refractivity contribution in [2.24, 2.45) is 0 Å². The molecule has 4 aromatic rings. The van der Waals surface area contributed by atoms with Crippen molar-refractivity contribution in [3.8, 4) is 11.4 Å². The van der Waals surface area contributed by atoms with Gasteiger partial charge in [0.1, 0.15) is 5.82 Å². The van der Waals surface area contributed by atoms with Gasteiger partial charge < -0.3 is 9.64 Å². The maximum absolute atomic E-state index is 13.4. The zero-order valence-corrected chi connectivity index (χ0v) is 15.7. The van der Waals surface area contributed by atoms with Crippen LogP contribution in [0.4, 0.5) is 10.3 Å². The van der Waals surface area contributed by atoms with Crippen LogP contribution in [0.2, 0.25) is 0 Å². The first-order valence-electron chi connectivity index (χ1n) is 9.40. The molecule has 7 heteroatoms. The Kier molecular flexibility index (Phi) is 3.98. The first-order chi connectivity index (χ1) is 13.6. The van der Waals surface area contributed by atoms with Gasteiger partial charge in [0.2, 0.25) is 5.95 Å². The van der Waals surface area contributed by atoms with Crippen molar-refractivity contribution in [1.82, 2.24) is 19.6 Å². The third-order valence-electron chi connectivity index (χ3n) is 5.03. The molecule has 6 nitrogen and oxygen atoms in total. The van der Waals surface area contributed by atoms with Gasteiger partial charge in [-0.3, -0.25) is 0 Å². The zero-order chi connectivity index (χ0) is 19.3. The normalized spacial score (nSPS) is 20.2. The van der Waals surface area contributed by atoms with Crippen LogP contribution in [0.1, 0.15) is 13.8 Å². The molecule has 2 aromatic carbocycles. The summed E-state index contributed by atoms with van der Waals surface area (Å²) in [6, 6.07) is 14.2. The van der Waals surface area contributed by atoms with Gasteiger partial charge in [-0.15, -0.1) is 10.2 Å². The molecule has 0 saturated carbocycles. The third kappa shape index (κ3) is 2.79. The number of halogens is 1. The van der Waals surface area contributed by atoms with Gasteiger partial charge >= 0.3 is 0 Å². The minimum atomic E-state index is -0.280. The Morgan fingerprint density at radius 1 is 0.964 bits per heavy atom. The van der Waals surface area contributed by atoms with E-state index in [0.29, 0.717) is 5.82 Å². The van der Waals surface area contributed by atoms with E-state index >= 15 is 0 Å². The Morgan fingerprint density at radius 3 is 2.43 bits per heavy atom. The molecule has 5 rings (SSSR count). The lowest BCUT2D eigenvalue weighted by molar-refractivity contribution is -0.00576. The number of hydrogen-bond donors (Lipinski definition) is 0. The second-order valence-electron chi connectivity index (χ2n) is 7.28. The summed E-state index contributed by atoms with van der Waals surface area (Å²) in [4.78, 5) is 7.17. The number of anilines is 1. The number of para-hydroxylation sites is 1. The maximum atomic E-state index is 13.4. The van der Waals surface area contributed by atoms with Crippen molar-refractivity contribution >= 4 is 22.5 Å². The first kappa shape index (κ1) is 17.1. The first-order valence-corrected chi connectivity index (χ1v) is 9.40. The Labute approximate surface area is 161 Å². The monoisotopic (exact) mass is 377 g/mol. The highest BCUT2D eigenvalue weighted by atomic mass is 19.1. The highest BCUT2D eigenvalue weighted by Crippen LogP contribution is 2.29. The lowest BCUT2D eigenvalue weighted by Crippen LogP contribution is -2.46. The smallest absolute Gasteiger partial charge is 0.213 e. The fraction of sp³-hybridized carbons (Fsp3) is 0.286. The van der Waals surface area contributed by atoms with Crippen LogP contribution in [-0.2, 0) is 4.74 Å². The average molecular weight is 377 g/mol. The molecule has 2 atom stereocenters. The van der Waals surface area contributed by atoms with Crippen molar-refractivity contribution in [3.05, 3.63) is 54.3 Å². The predicted octanol–water partition coefficient (Wildman–Crippen LogP) is 3.70. The number of ether oxygens (including phenoxy) is 1. The summed E-state index contributed by atoms with van der Waals surface area (Å²) in [6.07, 6.45) is 0.190. The van der Waals surface area contributed by atoms with Gasteiger partial charge in [0, 0.05) is 24.0 Å². The lowest BCUT2D eigenvalue weighted by Gasteiger charge is -2.36. The minimum Gasteiger partial charge on any atom is -0.372 e. The Morgan fingerprint density at radius 2 is 1.68 bits per heavy atom. The van der Waals surface area contributed by atoms with Crippen molar-refractivity contribution < 1.29 is 9.13 Å². The number of nitrogens with zero attached hydrogens (tertiary/aromatic N) is 5. The van der Waals surface area contributed by atoms with Gasteiger partial charge in [0.15, 0.2) is 11.5 Å². The predicted molar refractivity (Wildman–Crippen MR) is 106 cm³/mol. The van der Waals surface area contributed by atoms with Crippen LogP contribution < -0.4 is 4.90 Å². The van der Waals surface area contributed by atoms with Crippen molar-refractivity contribution in [2.45, 2.75) is 26.1 Å². The van der Waals surface area contributed by atoms with Crippen molar-refractivity contribution in [3.63, 3.8) is 0 Å². The summed E-state index contributed by atoms with van der Waals surface area (Å²) in [5, 5.41) is 9.82. The molecule has 0 amide bonds. The molecule has 3 heterocycles. The SMILES string of the molecule is CC1CN(c2nc3ccccc3c3nnc(-c4ccc(F)cc4)n23)CC(C)O1. The molecule has 2 unspecified atom stereocenters. The van der Waals surface area contributed by atoms with E-state index in [-0.39, 0.29) is 18.0 Å². The summed E-state index contributed by atoms with van der Waals surface area (Å²) >= 11 is 0. The fourth-order valence-electron chi connectivity index (χ4n) is 3.91. The summed E-state index contributed by atoms with van der Waals surface area (Å²) in [5.74, 6) is 1.15. The zero-order valence-electron chi connectivity index (χ0n) is 15.7. The van der Waals surface area contributed by atoms with Crippen LogP contribution >= 0.6 is 0 Å². The standard InChI is InChI=1S/C21H20FN5O/c1-13-11-26(12-14(2)28-13)21-23-18-6-4-3-5-17(18)20-25-24-19(27(20)21)15-7-9-16(22)10-8-15/h3-10,13-14H,11-12H2,1-2H3. The van der Waals surface area contributed by atoms with Crippen molar-refractivity contribution in [2.75, 3.05) is 18.0 Å². The number of morpholine rings is 1. The van der Waals surface area contributed by atoms with Crippen LogP contribution in [0.5, 0.6) is 0 Å². The number of fused-ring (bicyclic) bond motifs is 3. The molecule has 0 bridgehead atoms. The molecule has 0 spiro atoms. The topological polar surface area (TPSA) is 55.6 Å². The van der Waals surface area contributed by atoms with Gasteiger partial charge in [-0.2, -0.15) is 0 Å². The molecule has 0 radical (unpaired) electrons. The quantitative estimate of drug-likeness (QED) is 0.533. The second kappa shape index (κ2) is 6.53. The van der Waals surface area contributed by atoms with Crippen LogP contribution in [0.15, 0.2) is 48.5 Å². The summed E-state index contributed by atoms with van der Waals surface area (Å²) in [7, 11) is 0. The van der Waals surface area contributed by atoms with E-state index in [2.05, 4.69) is 28.9 Å². The minimum absolute atomic E-state index is 0.0952. The average Bonchev–Trinajstić information content (AvgIpc) is 3.12. The maximum Gasteiger partial charge on any atom is 0.213 e. The second-order valence-corrected chi connectivity index (χ2v) is 7.28. The Hall–Kier alpha value is -3.06. The highest BCUT2D eigenvalue weighted by Gasteiger charge is 2.27. The van der Waals surface area contributed by atoms with Gasteiger partial charge in [0.25, 0.3) is 0 Å². The molecule has 1 saturated heterocycles. The van der Waals surface area contributed by atoms with Crippen LogP contribution in [0.25, 0.3) is 27.9 Å². The fourth-order valence-corrected chi connectivity index (χ4v) is 3.91. The molecular formula is C21H20FN5O. The van der Waals surface area contributed by atoms with Crippen LogP contribution in [0, 0.1) is 5.82 Å². The van der Waals surface area contributed by atoms with Crippen LogP contribution in [0.3, 0.4) is 0 Å². The van der Waals surface area contributed by atoms with E-state index in [0.717, 1.165) is 41.2 Å². The van der Waals surface area contributed by atoms with Crippen molar-refractivity contribution in [1.29, 1.82) is 0 Å². The van der Waals surface area contributed by atoms with E-state index in [4.69, 9.17) is 9.72 Å². The van der Waals surface area contributed by atoms with E-state index < -0.39 is 0 Å². The third-order valence-corrected chi connectivity index (χ3v) is 5.03. The number of aromatic nitrogens is 4. The van der Waals surface area contributed by atoms with Gasteiger partial charge in [-0.1, -0.05) is 12.1 Å². The number of rotatable bonds is 2. The number of hydrogen-bond acceptors (Lipinski definition) is 5. The molecule has 0 N–H and O–H groups in total. The number of benzene rings is 2. The summed E-state index contributed by atoms with van der Waals surface area (Å²) in [5.41, 5.74) is 2.41. The summed E-state index contributed by atoms with van der Waals surface area (Å²) < 4.78 is 21.3. The highest BCUT2D eigenvalue weighted by molar-refractivity contribution is 5.93. The van der Waals surface area contributed by atoms with E-state index in [1.54, 1.807) is 12.1 Å².